The Morgan fingerprint density at radius 1 is 0.955 bits per heavy atom. The first-order valence-electron chi connectivity index (χ1n) is 17.6. The molecule has 0 radical (unpaired) electrons. The number of esters is 1. The average Bonchev–Trinajstić information content (AvgIpc) is 3.66. The van der Waals surface area contributed by atoms with E-state index in [-0.39, 0.29) is 60.2 Å². The van der Waals surface area contributed by atoms with E-state index in [1.54, 1.807) is 6.08 Å². The topological polar surface area (TPSA) is 124 Å². The van der Waals surface area contributed by atoms with Gasteiger partial charge >= 0.3 is 5.97 Å². The molecule has 2 saturated heterocycles. The smallest absolute Gasteiger partial charge is 0.331 e. The zero-order valence-electron chi connectivity index (χ0n) is 26.5. The fraction of sp³-hybridized carbons (Fsp3) is 0.914. The molecule has 9 heteroatoms. The molecule has 12 atom stereocenters. The molecule has 44 heavy (non-hydrogen) atoms. The molecular formula is C35H52O9. The molecule has 0 aromatic heterocycles. The first-order valence-corrected chi connectivity index (χ1v) is 17.6. The van der Waals surface area contributed by atoms with Gasteiger partial charge in [-0.3, -0.25) is 0 Å². The molecule has 0 amide bonds. The Hall–Kier alpha value is -1.07. The van der Waals surface area contributed by atoms with Gasteiger partial charge in [0.2, 0.25) is 0 Å². The third-order valence-electron chi connectivity index (χ3n) is 14.3. The molecule has 1 spiro atoms. The number of carbonyl (C=O) groups is 1. The monoisotopic (exact) mass is 616 g/mol. The number of hydrogen-bond acceptors (Lipinski definition) is 9. The number of fused-ring (bicyclic) bond motifs is 6. The summed E-state index contributed by atoms with van der Waals surface area (Å²) >= 11 is 0. The maximum atomic E-state index is 12.5. The van der Waals surface area contributed by atoms with Crippen LogP contribution >= 0.6 is 0 Å². The molecular weight excluding hydrogens is 564 g/mol. The second-order valence-corrected chi connectivity index (χ2v) is 16.1. The molecule has 8 rings (SSSR count). The van der Waals surface area contributed by atoms with Gasteiger partial charge in [-0.15, -0.1) is 0 Å². The lowest BCUT2D eigenvalue weighted by atomic mass is 9.41. The van der Waals surface area contributed by atoms with Crippen molar-refractivity contribution in [1.29, 1.82) is 0 Å². The van der Waals surface area contributed by atoms with Crippen molar-refractivity contribution in [1.82, 2.24) is 0 Å². The van der Waals surface area contributed by atoms with E-state index in [4.69, 9.17) is 23.7 Å². The molecule has 5 aliphatic carbocycles. The maximum absolute atomic E-state index is 12.5. The van der Waals surface area contributed by atoms with Crippen LogP contribution in [0.25, 0.3) is 0 Å². The summed E-state index contributed by atoms with van der Waals surface area (Å²) in [5.74, 6) is -0.589. The molecule has 5 saturated carbocycles. The van der Waals surface area contributed by atoms with E-state index in [2.05, 4.69) is 6.92 Å². The summed E-state index contributed by atoms with van der Waals surface area (Å²) in [5, 5.41) is 36.0. The van der Waals surface area contributed by atoms with Gasteiger partial charge in [0.15, 0.2) is 12.1 Å². The fourth-order valence-electron chi connectivity index (χ4n) is 12.1. The van der Waals surface area contributed by atoms with Crippen molar-refractivity contribution >= 4 is 5.97 Å². The SMILES string of the molecule is C[C@H]1O[C@@H](O[C@H]2CC[C@]3(CO)[C@H]4CC[C@]5(C)[C@@H](C6=CC(=O)OC6)CC[C@@]5(O)[C@@H]4CC[C@]3(O)C2)C[C@@H]2OC3(CCCCC3)O[C@@H]21. The van der Waals surface area contributed by atoms with Crippen LogP contribution in [0.1, 0.15) is 110 Å². The molecule has 9 nitrogen and oxygen atoms in total. The highest BCUT2D eigenvalue weighted by Gasteiger charge is 2.71. The summed E-state index contributed by atoms with van der Waals surface area (Å²) in [6, 6.07) is 0. The quantitative estimate of drug-likeness (QED) is 0.313. The Morgan fingerprint density at radius 2 is 1.75 bits per heavy atom. The van der Waals surface area contributed by atoms with Gasteiger partial charge in [0.1, 0.15) is 12.7 Å². The minimum Gasteiger partial charge on any atom is -0.458 e. The second-order valence-electron chi connectivity index (χ2n) is 16.1. The van der Waals surface area contributed by atoms with Gasteiger partial charge in [-0.05, 0) is 94.5 Å². The Bertz CT molecular complexity index is 1180. The lowest BCUT2D eigenvalue weighted by molar-refractivity contribution is -0.292. The highest BCUT2D eigenvalue weighted by atomic mass is 16.8. The first kappa shape index (κ1) is 30.3. The number of cyclic esters (lactones) is 1. The summed E-state index contributed by atoms with van der Waals surface area (Å²) in [5.41, 5.74) is -1.97. The standard InChI is InChI=1S/C35H52O9/c1-21-30-27(43-34(44-30)10-4-3-5-11-34)17-29(41-21)42-23-6-13-32(20-36)25-7-12-31(2)24(22-16-28(37)40-19-22)9-15-35(31,39)26(25)8-14-33(32,38)18-23/h16,21,23-27,29-30,36,38-39H,3-15,17-20H2,1-2H3/t21-,23+,24-,25+,26-,27+,29+,30-,31-,32+,33+,35-/m1/s1. The van der Waals surface area contributed by atoms with Crippen LogP contribution in [-0.4, -0.2) is 82.2 Å². The van der Waals surface area contributed by atoms with Crippen LogP contribution in [0.15, 0.2) is 11.6 Å². The lowest BCUT2D eigenvalue weighted by Gasteiger charge is -2.66. The minimum absolute atomic E-state index is 0.000788. The third-order valence-corrected chi connectivity index (χ3v) is 14.3. The molecule has 0 bridgehead atoms. The second kappa shape index (κ2) is 10.5. The van der Waals surface area contributed by atoms with Crippen molar-refractivity contribution in [2.75, 3.05) is 13.2 Å². The van der Waals surface area contributed by atoms with Gasteiger partial charge in [0.25, 0.3) is 0 Å². The molecule has 3 N–H and O–H groups in total. The summed E-state index contributed by atoms with van der Waals surface area (Å²) < 4.78 is 31.3. The Morgan fingerprint density at radius 3 is 2.50 bits per heavy atom. The molecule has 0 aromatic carbocycles. The molecule has 0 unspecified atom stereocenters. The zero-order valence-corrected chi connectivity index (χ0v) is 26.5. The van der Waals surface area contributed by atoms with E-state index in [0.29, 0.717) is 38.7 Å². The van der Waals surface area contributed by atoms with Crippen molar-refractivity contribution in [3.63, 3.8) is 0 Å². The first-order chi connectivity index (χ1) is 21.0. The van der Waals surface area contributed by atoms with Crippen LogP contribution in [0.4, 0.5) is 0 Å². The summed E-state index contributed by atoms with van der Waals surface area (Å²) in [7, 11) is 0. The normalized spacial score (nSPS) is 52.9. The van der Waals surface area contributed by atoms with E-state index < -0.39 is 28.7 Å². The van der Waals surface area contributed by atoms with Crippen molar-refractivity contribution < 1.29 is 43.8 Å². The number of ether oxygens (including phenoxy) is 5. The van der Waals surface area contributed by atoms with E-state index in [1.807, 2.05) is 6.92 Å². The Kier molecular flexibility index (Phi) is 7.20. The van der Waals surface area contributed by atoms with E-state index in [9.17, 15) is 20.1 Å². The highest BCUT2D eigenvalue weighted by molar-refractivity contribution is 5.85. The Labute approximate surface area is 261 Å². The summed E-state index contributed by atoms with van der Waals surface area (Å²) in [6.07, 6.45) is 13.1. The summed E-state index contributed by atoms with van der Waals surface area (Å²) in [6.45, 7) is 4.49. The van der Waals surface area contributed by atoms with Crippen LogP contribution in [0.3, 0.4) is 0 Å². The number of aliphatic hydroxyl groups excluding tert-OH is 1. The van der Waals surface area contributed by atoms with Gasteiger partial charge in [-0.1, -0.05) is 13.3 Å². The molecule has 3 heterocycles. The number of hydrogen-bond donors (Lipinski definition) is 3. The average molecular weight is 617 g/mol. The van der Waals surface area contributed by atoms with Crippen molar-refractivity contribution in [2.45, 2.75) is 158 Å². The minimum atomic E-state index is -1.07. The molecule has 246 valence electrons. The molecule has 7 fully saturated rings. The van der Waals surface area contributed by atoms with Crippen LogP contribution < -0.4 is 0 Å². The van der Waals surface area contributed by atoms with Gasteiger partial charge < -0.3 is 39.0 Å². The van der Waals surface area contributed by atoms with Crippen molar-refractivity contribution in [2.24, 2.45) is 28.6 Å². The largest absolute Gasteiger partial charge is 0.458 e. The van der Waals surface area contributed by atoms with Gasteiger partial charge in [0, 0.05) is 42.6 Å². The zero-order chi connectivity index (χ0) is 30.5. The molecule has 8 aliphatic rings. The summed E-state index contributed by atoms with van der Waals surface area (Å²) in [4.78, 5) is 11.9. The predicted octanol–water partition coefficient (Wildman–Crippen LogP) is 4.30. The number of carbonyl (C=O) groups excluding carboxylic acids is 1. The van der Waals surface area contributed by atoms with Gasteiger partial charge in [-0.2, -0.15) is 0 Å². The fourth-order valence-corrected chi connectivity index (χ4v) is 12.1. The highest BCUT2D eigenvalue weighted by Crippen LogP contribution is 2.70. The number of aliphatic hydroxyl groups is 3. The predicted molar refractivity (Wildman–Crippen MR) is 158 cm³/mol. The maximum Gasteiger partial charge on any atom is 0.331 e. The van der Waals surface area contributed by atoms with Crippen LogP contribution in [0.2, 0.25) is 0 Å². The van der Waals surface area contributed by atoms with E-state index >= 15 is 0 Å². The van der Waals surface area contributed by atoms with Crippen LogP contribution in [0.5, 0.6) is 0 Å². The van der Waals surface area contributed by atoms with Gasteiger partial charge in [-0.25, -0.2) is 4.79 Å². The van der Waals surface area contributed by atoms with Crippen LogP contribution in [-0.2, 0) is 28.5 Å². The van der Waals surface area contributed by atoms with Crippen LogP contribution in [0, 0.1) is 28.6 Å². The molecule has 3 aliphatic heterocycles. The lowest BCUT2D eigenvalue weighted by Crippen LogP contribution is -2.69. The molecule has 0 aromatic rings. The third kappa shape index (κ3) is 4.25. The van der Waals surface area contributed by atoms with E-state index in [0.717, 1.165) is 63.4 Å². The number of rotatable bonds is 4. The van der Waals surface area contributed by atoms with E-state index in [1.165, 1.54) is 6.42 Å². The Balaban J connectivity index is 0.968. The van der Waals surface area contributed by atoms with Gasteiger partial charge in [0.05, 0.1) is 36.1 Å². The van der Waals surface area contributed by atoms with Crippen molar-refractivity contribution in [3.05, 3.63) is 11.6 Å². The van der Waals surface area contributed by atoms with Crippen molar-refractivity contribution in [3.8, 4) is 0 Å².